The van der Waals surface area contributed by atoms with E-state index < -0.39 is 12.8 Å². The summed E-state index contributed by atoms with van der Waals surface area (Å²) >= 11 is 0. The Morgan fingerprint density at radius 1 is 1.53 bits per heavy atom. The maximum atomic E-state index is 11.6. The molecule has 1 aromatic rings. The van der Waals surface area contributed by atoms with Crippen LogP contribution >= 0.6 is 0 Å². The highest BCUT2D eigenvalue weighted by molar-refractivity contribution is 5.31. The van der Waals surface area contributed by atoms with E-state index in [1.54, 1.807) is 24.0 Å². The summed E-state index contributed by atoms with van der Waals surface area (Å²) in [6.07, 6.45) is -2.52. The fourth-order valence-electron chi connectivity index (χ4n) is 0.949. The number of aryl methyl sites for hydroxylation is 1. The number of halogens is 3. The van der Waals surface area contributed by atoms with Crippen LogP contribution in [0.3, 0.4) is 0 Å². The van der Waals surface area contributed by atoms with Crippen molar-refractivity contribution in [3.05, 3.63) is 12.3 Å². The van der Waals surface area contributed by atoms with Crippen LogP contribution in [-0.2, 0) is 11.8 Å². The van der Waals surface area contributed by atoms with Crippen LogP contribution in [0.1, 0.15) is 0 Å². The molecule has 0 spiro atoms. The second kappa shape index (κ2) is 5.01. The fourth-order valence-corrected chi connectivity index (χ4v) is 0.949. The number of anilines is 1. The summed E-state index contributed by atoms with van der Waals surface area (Å²) in [5.74, 6) is 0.619. The predicted octanol–water partition coefficient (Wildman–Crippen LogP) is 1.41. The maximum absolute atomic E-state index is 11.6. The van der Waals surface area contributed by atoms with Crippen molar-refractivity contribution in [2.75, 3.05) is 25.1 Å². The standard InChI is InChI=1S/C8H12F3N3O/c1-14-4-2-7(13-14)12-3-5-15-6-8(9,10)11/h2,4H,3,5-6H2,1H3,(H,12,13). The van der Waals surface area contributed by atoms with Crippen LogP contribution in [0.15, 0.2) is 12.3 Å². The Morgan fingerprint density at radius 2 is 2.27 bits per heavy atom. The second-order valence-corrected chi connectivity index (χ2v) is 2.97. The van der Waals surface area contributed by atoms with Gasteiger partial charge in [-0.15, -0.1) is 0 Å². The average molecular weight is 223 g/mol. The summed E-state index contributed by atoms with van der Waals surface area (Å²) in [7, 11) is 1.76. The molecule has 0 saturated carbocycles. The van der Waals surface area contributed by atoms with Crippen LogP contribution in [0.5, 0.6) is 0 Å². The van der Waals surface area contributed by atoms with Gasteiger partial charge in [0, 0.05) is 25.9 Å². The van der Waals surface area contributed by atoms with Gasteiger partial charge in [-0.2, -0.15) is 18.3 Å². The topological polar surface area (TPSA) is 39.1 Å². The van der Waals surface area contributed by atoms with Gasteiger partial charge in [0.05, 0.1) is 6.61 Å². The van der Waals surface area contributed by atoms with Crippen molar-refractivity contribution >= 4 is 5.82 Å². The first-order valence-electron chi connectivity index (χ1n) is 4.35. The molecule has 1 heterocycles. The molecule has 15 heavy (non-hydrogen) atoms. The number of nitrogens with zero attached hydrogens (tertiary/aromatic N) is 2. The third kappa shape index (κ3) is 5.26. The van der Waals surface area contributed by atoms with Gasteiger partial charge >= 0.3 is 6.18 Å². The molecule has 7 heteroatoms. The van der Waals surface area contributed by atoms with E-state index >= 15 is 0 Å². The molecule has 0 aliphatic heterocycles. The normalized spacial score (nSPS) is 11.7. The van der Waals surface area contributed by atoms with Crippen LogP contribution in [-0.4, -0.2) is 35.7 Å². The average Bonchev–Trinajstić information content (AvgIpc) is 2.49. The van der Waals surface area contributed by atoms with E-state index in [-0.39, 0.29) is 6.61 Å². The van der Waals surface area contributed by atoms with Crippen molar-refractivity contribution in [1.29, 1.82) is 0 Å². The highest BCUT2D eigenvalue weighted by atomic mass is 19.4. The summed E-state index contributed by atoms with van der Waals surface area (Å²) in [6.45, 7) is -0.917. The Labute approximate surface area is 85.0 Å². The minimum absolute atomic E-state index is 0.00388. The highest BCUT2D eigenvalue weighted by Crippen LogP contribution is 2.14. The molecular formula is C8H12F3N3O. The maximum Gasteiger partial charge on any atom is 0.411 e. The first kappa shape index (κ1) is 11.8. The molecule has 0 radical (unpaired) electrons. The minimum atomic E-state index is -4.26. The molecular weight excluding hydrogens is 211 g/mol. The number of hydrogen-bond acceptors (Lipinski definition) is 3. The van der Waals surface area contributed by atoms with E-state index in [2.05, 4.69) is 15.2 Å². The summed E-state index contributed by atoms with van der Waals surface area (Å²) < 4.78 is 40.9. The van der Waals surface area contributed by atoms with Gasteiger partial charge in [-0.3, -0.25) is 4.68 Å². The fraction of sp³-hybridized carbons (Fsp3) is 0.625. The minimum Gasteiger partial charge on any atom is -0.370 e. The Hall–Kier alpha value is -1.24. The molecule has 0 fully saturated rings. The van der Waals surface area contributed by atoms with Crippen molar-refractivity contribution in [1.82, 2.24) is 9.78 Å². The lowest BCUT2D eigenvalue weighted by Crippen LogP contribution is -2.20. The molecule has 0 atom stereocenters. The predicted molar refractivity (Wildman–Crippen MR) is 48.6 cm³/mol. The Kier molecular flexibility index (Phi) is 3.96. The summed E-state index contributed by atoms with van der Waals surface area (Å²) in [4.78, 5) is 0. The van der Waals surface area contributed by atoms with E-state index in [0.29, 0.717) is 12.4 Å². The molecule has 0 saturated heterocycles. The number of rotatable bonds is 5. The lowest BCUT2D eigenvalue weighted by molar-refractivity contribution is -0.172. The molecule has 0 amide bonds. The highest BCUT2D eigenvalue weighted by Gasteiger charge is 2.27. The Balaban J connectivity index is 2.07. The van der Waals surface area contributed by atoms with Gasteiger partial charge in [0.15, 0.2) is 0 Å². The smallest absolute Gasteiger partial charge is 0.370 e. The lowest BCUT2D eigenvalue weighted by Gasteiger charge is -2.07. The SMILES string of the molecule is Cn1ccc(NCCOCC(F)(F)F)n1. The number of alkyl halides is 3. The van der Waals surface area contributed by atoms with Gasteiger partial charge in [0.1, 0.15) is 12.4 Å². The molecule has 1 rings (SSSR count). The van der Waals surface area contributed by atoms with Gasteiger partial charge < -0.3 is 10.1 Å². The summed E-state index contributed by atoms with van der Waals surface area (Å²) in [5, 5.41) is 6.81. The van der Waals surface area contributed by atoms with Gasteiger partial charge in [-0.1, -0.05) is 0 Å². The van der Waals surface area contributed by atoms with Crippen LogP contribution in [0.4, 0.5) is 19.0 Å². The number of nitrogens with one attached hydrogen (secondary N) is 1. The molecule has 86 valence electrons. The van der Waals surface area contributed by atoms with Crippen LogP contribution < -0.4 is 5.32 Å². The molecule has 0 aliphatic rings. The Bertz CT molecular complexity index is 298. The van der Waals surface area contributed by atoms with Crippen LogP contribution in [0, 0.1) is 0 Å². The van der Waals surface area contributed by atoms with E-state index in [0.717, 1.165) is 0 Å². The molecule has 0 unspecified atom stereocenters. The Morgan fingerprint density at radius 3 is 2.80 bits per heavy atom. The molecule has 0 aliphatic carbocycles. The monoisotopic (exact) mass is 223 g/mol. The van der Waals surface area contributed by atoms with E-state index in [4.69, 9.17) is 0 Å². The zero-order valence-corrected chi connectivity index (χ0v) is 8.21. The molecule has 1 aromatic heterocycles. The van der Waals surface area contributed by atoms with Crippen molar-refractivity contribution in [2.45, 2.75) is 6.18 Å². The number of ether oxygens (including phenoxy) is 1. The summed E-state index contributed by atoms with van der Waals surface area (Å²) in [6, 6.07) is 1.73. The summed E-state index contributed by atoms with van der Waals surface area (Å²) in [5.41, 5.74) is 0. The number of aromatic nitrogens is 2. The lowest BCUT2D eigenvalue weighted by atomic mass is 10.6. The zero-order valence-electron chi connectivity index (χ0n) is 8.21. The van der Waals surface area contributed by atoms with E-state index in [1.807, 2.05) is 0 Å². The second-order valence-electron chi connectivity index (χ2n) is 2.97. The van der Waals surface area contributed by atoms with E-state index in [1.165, 1.54) is 0 Å². The van der Waals surface area contributed by atoms with Gasteiger partial charge in [0.25, 0.3) is 0 Å². The molecule has 1 N–H and O–H groups in total. The van der Waals surface area contributed by atoms with Crippen molar-refractivity contribution in [3.8, 4) is 0 Å². The third-order valence-corrected chi connectivity index (χ3v) is 1.53. The van der Waals surface area contributed by atoms with Crippen LogP contribution in [0.2, 0.25) is 0 Å². The zero-order chi connectivity index (χ0) is 11.3. The molecule has 0 bridgehead atoms. The molecule has 0 aromatic carbocycles. The third-order valence-electron chi connectivity index (χ3n) is 1.53. The first-order chi connectivity index (χ1) is 6.97. The van der Waals surface area contributed by atoms with Crippen LogP contribution in [0.25, 0.3) is 0 Å². The van der Waals surface area contributed by atoms with Crippen molar-refractivity contribution < 1.29 is 17.9 Å². The van der Waals surface area contributed by atoms with Crippen molar-refractivity contribution in [2.24, 2.45) is 7.05 Å². The van der Waals surface area contributed by atoms with Gasteiger partial charge in [-0.25, -0.2) is 0 Å². The van der Waals surface area contributed by atoms with Gasteiger partial charge in [0.2, 0.25) is 0 Å². The largest absolute Gasteiger partial charge is 0.411 e. The van der Waals surface area contributed by atoms with E-state index in [9.17, 15) is 13.2 Å². The van der Waals surface area contributed by atoms with Gasteiger partial charge in [-0.05, 0) is 0 Å². The first-order valence-corrected chi connectivity index (χ1v) is 4.35. The number of hydrogen-bond donors (Lipinski definition) is 1. The quantitative estimate of drug-likeness (QED) is 0.767. The molecule has 4 nitrogen and oxygen atoms in total. The van der Waals surface area contributed by atoms with Crippen molar-refractivity contribution in [3.63, 3.8) is 0 Å².